The molecule has 0 aliphatic carbocycles. The van der Waals surface area contributed by atoms with Gasteiger partial charge in [-0.1, -0.05) is 18.2 Å². The maximum Gasteiger partial charge on any atom is 0.256 e. The number of rotatable bonds is 5. The number of amides is 1. The van der Waals surface area contributed by atoms with Crippen molar-refractivity contribution in [2.45, 2.75) is 0 Å². The monoisotopic (exact) mass is 296 g/mol. The first-order valence-corrected chi connectivity index (χ1v) is 7.09. The van der Waals surface area contributed by atoms with E-state index in [2.05, 4.69) is 4.98 Å². The molecular formula is C14H14Cl2N2O. The summed E-state index contributed by atoms with van der Waals surface area (Å²) in [6.07, 6.45) is 1.69. The molecule has 0 unspecified atom stereocenters. The summed E-state index contributed by atoms with van der Waals surface area (Å²) in [7, 11) is 0. The van der Waals surface area contributed by atoms with Crippen molar-refractivity contribution < 1.29 is 4.79 Å². The average Bonchev–Trinajstić information content (AvgIpc) is 2.46. The lowest BCUT2D eigenvalue weighted by Gasteiger charge is -2.21. The van der Waals surface area contributed by atoms with Crippen LogP contribution in [0, 0.1) is 0 Å². The van der Waals surface area contributed by atoms with Gasteiger partial charge >= 0.3 is 0 Å². The lowest BCUT2D eigenvalue weighted by atomic mass is 10.1. The second-order valence-corrected chi connectivity index (χ2v) is 4.81. The maximum absolute atomic E-state index is 12.5. The van der Waals surface area contributed by atoms with Crippen LogP contribution >= 0.6 is 23.2 Å². The van der Waals surface area contributed by atoms with Crippen molar-refractivity contribution in [3.8, 4) is 0 Å². The number of carbonyl (C=O) groups excluding carboxylic acids is 1. The van der Waals surface area contributed by atoms with Crippen molar-refractivity contribution in [1.29, 1.82) is 0 Å². The molecule has 3 nitrogen and oxygen atoms in total. The number of hydrogen-bond acceptors (Lipinski definition) is 2. The van der Waals surface area contributed by atoms with E-state index < -0.39 is 0 Å². The van der Waals surface area contributed by atoms with Gasteiger partial charge in [-0.15, -0.1) is 23.2 Å². The lowest BCUT2D eigenvalue weighted by molar-refractivity contribution is 0.0777. The Bertz CT molecular complexity index is 563. The van der Waals surface area contributed by atoms with Gasteiger partial charge in [0.05, 0.1) is 11.1 Å². The summed E-state index contributed by atoms with van der Waals surface area (Å²) >= 11 is 11.5. The number of carbonyl (C=O) groups is 1. The third-order valence-electron chi connectivity index (χ3n) is 2.86. The molecule has 0 aliphatic heterocycles. The molecule has 1 heterocycles. The van der Waals surface area contributed by atoms with Crippen molar-refractivity contribution >= 4 is 40.0 Å². The molecule has 100 valence electrons. The number of fused-ring (bicyclic) bond motifs is 1. The zero-order valence-corrected chi connectivity index (χ0v) is 11.9. The van der Waals surface area contributed by atoms with Crippen LogP contribution in [0.3, 0.4) is 0 Å². The fourth-order valence-electron chi connectivity index (χ4n) is 1.97. The van der Waals surface area contributed by atoms with E-state index in [1.807, 2.05) is 24.3 Å². The number of nitrogens with zero attached hydrogens (tertiary/aromatic N) is 2. The Hall–Kier alpha value is -1.32. The van der Waals surface area contributed by atoms with Crippen LogP contribution in [0.5, 0.6) is 0 Å². The summed E-state index contributed by atoms with van der Waals surface area (Å²) in [5, 5.41) is 0.949. The molecule has 2 rings (SSSR count). The van der Waals surface area contributed by atoms with Gasteiger partial charge in [0.2, 0.25) is 0 Å². The van der Waals surface area contributed by atoms with E-state index in [0.717, 1.165) is 5.39 Å². The van der Waals surface area contributed by atoms with E-state index in [-0.39, 0.29) is 5.91 Å². The molecule has 0 aliphatic rings. The Morgan fingerprint density at radius 3 is 2.47 bits per heavy atom. The van der Waals surface area contributed by atoms with Crippen molar-refractivity contribution in [3.63, 3.8) is 0 Å². The Balaban J connectivity index is 2.39. The first kappa shape index (κ1) is 14.1. The SMILES string of the molecule is O=C(c1cccc2cccnc12)N(CCCl)CCCl. The van der Waals surface area contributed by atoms with Gasteiger partial charge in [0, 0.05) is 36.4 Å². The molecular weight excluding hydrogens is 283 g/mol. The summed E-state index contributed by atoms with van der Waals surface area (Å²) in [5.41, 5.74) is 1.30. The maximum atomic E-state index is 12.5. The van der Waals surface area contributed by atoms with Crippen molar-refractivity contribution in [2.24, 2.45) is 0 Å². The normalized spacial score (nSPS) is 10.6. The van der Waals surface area contributed by atoms with E-state index in [4.69, 9.17) is 23.2 Å². The summed E-state index contributed by atoms with van der Waals surface area (Å²) in [6.45, 7) is 0.965. The van der Waals surface area contributed by atoms with E-state index >= 15 is 0 Å². The summed E-state index contributed by atoms with van der Waals surface area (Å²) in [5.74, 6) is 0.701. The molecule has 0 saturated carbocycles. The van der Waals surface area contributed by atoms with Gasteiger partial charge in [-0.25, -0.2) is 0 Å². The Labute approximate surface area is 122 Å². The number of para-hydroxylation sites is 1. The number of pyridine rings is 1. The molecule has 1 aromatic heterocycles. The highest BCUT2D eigenvalue weighted by atomic mass is 35.5. The smallest absolute Gasteiger partial charge is 0.256 e. The fourth-order valence-corrected chi connectivity index (χ4v) is 2.37. The van der Waals surface area contributed by atoms with Crippen molar-refractivity contribution in [3.05, 3.63) is 42.1 Å². The third kappa shape index (κ3) is 3.17. The topological polar surface area (TPSA) is 33.2 Å². The minimum absolute atomic E-state index is 0.0781. The zero-order valence-electron chi connectivity index (χ0n) is 10.4. The minimum atomic E-state index is -0.0781. The number of hydrogen-bond donors (Lipinski definition) is 0. The molecule has 0 atom stereocenters. The van der Waals surface area contributed by atoms with Crippen molar-refractivity contribution in [1.82, 2.24) is 9.88 Å². The van der Waals surface area contributed by atoms with Gasteiger partial charge in [0.15, 0.2) is 0 Å². The fraction of sp³-hybridized carbons (Fsp3) is 0.286. The van der Waals surface area contributed by atoms with E-state index in [1.165, 1.54) is 0 Å². The highest BCUT2D eigenvalue weighted by Crippen LogP contribution is 2.17. The predicted octanol–water partition coefficient (Wildman–Crippen LogP) is 3.15. The second kappa shape index (κ2) is 6.73. The largest absolute Gasteiger partial charge is 0.336 e. The van der Waals surface area contributed by atoms with Crippen LogP contribution in [-0.4, -0.2) is 40.6 Å². The van der Waals surface area contributed by atoms with Crippen LogP contribution in [-0.2, 0) is 0 Å². The summed E-state index contributed by atoms with van der Waals surface area (Å²) in [6, 6.07) is 9.37. The second-order valence-electron chi connectivity index (χ2n) is 4.05. The van der Waals surface area contributed by atoms with Gasteiger partial charge < -0.3 is 4.90 Å². The minimum Gasteiger partial charge on any atom is -0.336 e. The van der Waals surface area contributed by atoms with Crippen LogP contribution in [0.15, 0.2) is 36.5 Å². The number of halogens is 2. The molecule has 19 heavy (non-hydrogen) atoms. The van der Waals surface area contributed by atoms with E-state index in [1.54, 1.807) is 17.2 Å². The molecule has 0 spiro atoms. The standard InChI is InChI=1S/C14H14Cl2N2O/c15-6-9-18(10-7-16)14(19)12-5-1-3-11-4-2-8-17-13(11)12/h1-5,8H,6-7,9-10H2. The first-order chi connectivity index (χ1) is 9.27. The quantitative estimate of drug-likeness (QED) is 0.794. The molecule has 1 amide bonds. The molecule has 0 bridgehead atoms. The Kier molecular flexibility index (Phi) is 5.00. The predicted molar refractivity (Wildman–Crippen MR) is 79.1 cm³/mol. The van der Waals surface area contributed by atoms with Gasteiger partial charge in [-0.05, 0) is 12.1 Å². The highest BCUT2D eigenvalue weighted by Gasteiger charge is 2.17. The van der Waals surface area contributed by atoms with Crippen LogP contribution in [0.1, 0.15) is 10.4 Å². The van der Waals surface area contributed by atoms with Crippen molar-refractivity contribution in [2.75, 3.05) is 24.8 Å². The van der Waals surface area contributed by atoms with Crippen LogP contribution in [0.25, 0.3) is 10.9 Å². The van der Waals surface area contributed by atoms with E-state index in [9.17, 15) is 4.79 Å². The lowest BCUT2D eigenvalue weighted by Crippen LogP contribution is -2.34. The van der Waals surface area contributed by atoms with Crippen LogP contribution in [0.4, 0.5) is 0 Å². The van der Waals surface area contributed by atoms with E-state index in [0.29, 0.717) is 35.9 Å². The molecule has 5 heteroatoms. The zero-order chi connectivity index (χ0) is 13.7. The third-order valence-corrected chi connectivity index (χ3v) is 3.20. The highest BCUT2D eigenvalue weighted by molar-refractivity contribution is 6.19. The van der Waals surface area contributed by atoms with Gasteiger partial charge in [0.25, 0.3) is 5.91 Å². The Morgan fingerprint density at radius 2 is 1.79 bits per heavy atom. The molecule has 0 radical (unpaired) electrons. The van der Waals surface area contributed by atoms with Crippen LogP contribution in [0.2, 0.25) is 0 Å². The molecule has 0 saturated heterocycles. The molecule has 0 fully saturated rings. The number of benzene rings is 1. The number of alkyl halides is 2. The Morgan fingerprint density at radius 1 is 1.11 bits per heavy atom. The first-order valence-electron chi connectivity index (χ1n) is 6.03. The van der Waals surface area contributed by atoms with Gasteiger partial charge in [-0.3, -0.25) is 9.78 Å². The molecule has 1 aromatic carbocycles. The summed E-state index contributed by atoms with van der Waals surface area (Å²) in [4.78, 5) is 18.5. The van der Waals surface area contributed by atoms with Crippen LogP contribution < -0.4 is 0 Å². The molecule has 2 aromatic rings. The number of aromatic nitrogens is 1. The summed E-state index contributed by atoms with van der Waals surface area (Å²) < 4.78 is 0. The molecule has 0 N–H and O–H groups in total. The van der Waals surface area contributed by atoms with Gasteiger partial charge in [0.1, 0.15) is 0 Å². The van der Waals surface area contributed by atoms with Gasteiger partial charge in [-0.2, -0.15) is 0 Å². The average molecular weight is 297 g/mol.